The molecule has 6 rings (SSSR count). The van der Waals surface area contributed by atoms with Gasteiger partial charge in [-0.2, -0.15) is 0 Å². The van der Waals surface area contributed by atoms with Crippen LogP contribution in [0.5, 0.6) is 0 Å². The third-order valence-electron chi connectivity index (χ3n) is 9.20. The Bertz CT molecular complexity index is 2210. The van der Waals surface area contributed by atoms with Crippen molar-refractivity contribution in [1.82, 2.24) is 9.88 Å². The Morgan fingerprint density at radius 3 is 2.25 bits per heavy atom. The third-order valence-corrected chi connectivity index (χ3v) is 9.20. The first-order valence-corrected chi connectivity index (χ1v) is 17.8. The fourth-order valence-electron chi connectivity index (χ4n) is 6.45. The van der Waals surface area contributed by atoms with Crippen LogP contribution in [0.2, 0.25) is 0 Å². The van der Waals surface area contributed by atoms with Crippen LogP contribution < -0.4 is 11.1 Å². The maximum absolute atomic E-state index is 14.0. The number of para-hydroxylation sites is 1. The quantitative estimate of drug-likeness (QED) is 0.102. The number of nitrogens with zero attached hydrogens (tertiary/aromatic N) is 1. The van der Waals surface area contributed by atoms with Gasteiger partial charge in [0.05, 0.1) is 12.0 Å². The lowest BCUT2D eigenvalue weighted by molar-refractivity contribution is -0.153. The number of fused-ring (bicyclic) bond motifs is 2. The molecular formula is C44H43N3O6. The molecule has 0 fully saturated rings. The number of nitrogens with two attached hydrogens (primary N) is 1. The van der Waals surface area contributed by atoms with Crippen LogP contribution >= 0.6 is 0 Å². The van der Waals surface area contributed by atoms with E-state index >= 15 is 0 Å². The van der Waals surface area contributed by atoms with E-state index < -0.39 is 35.9 Å². The summed E-state index contributed by atoms with van der Waals surface area (Å²) >= 11 is 0. The van der Waals surface area contributed by atoms with Crippen LogP contribution in [0.4, 0.5) is 0 Å². The van der Waals surface area contributed by atoms with E-state index in [2.05, 4.69) is 17.4 Å². The lowest BCUT2D eigenvalue weighted by Crippen LogP contribution is -2.43. The molecule has 0 spiro atoms. The summed E-state index contributed by atoms with van der Waals surface area (Å²) in [4.78, 5) is 52.7. The number of aromatic nitrogens is 1. The normalized spacial score (nSPS) is 12.2. The van der Waals surface area contributed by atoms with Crippen molar-refractivity contribution in [1.29, 1.82) is 0 Å². The first kappa shape index (κ1) is 36.6. The Balaban J connectivity index is 1.20. The molecule has 0 aliphatic heterocycles. The topological polar surface area (TPSA) is 130 Å². The Hall–Kier alpha value is -6.22. The van der Waals surface area contributed by atoms with Crippen molar-refractivity contribution in [3.63, 3.8) is 0 Å². The minimum absolute atomic E-state index is 0.0319. The number of carbonyl (C=O) groups excluding carboxylic acids is 4. The van der Waals surface area contributed by atoms with Gasteiger partial charge in [-0.05, 0) is 53.3 Å². The van der Waals surface area contributed by atoms with E-state index in [4.69, 9.17) is 15.2 Å². The monoisotopic (exact) mass is 709 g/mol. The zero-order chi connectivity index (χ0) is 37.2. The second-order valence-electron chi connectivity index (χ2n) is 13.4. The standard InChI is InChI=1S/C44H43N3O6/c1-30-18-20-31(21-19-30)27-47-28-38(37-14-7-8-16-40(37)47)43(50)46-39(15-9-17-42(49)52-29-32-10-3-2-4-11-32)44(51)53-36(26-41(45)48)25-33-22-23-34-12-5-6-13-35(34)24-33/h2-8,10-14,16,18-24,28,36,39H,9,15,17,25-27,29H2,1H3,(H2,45,48)(H,46,50)/t36-,39-/m0/s1. The van der Waals surface area contributed by atoms with Crippen molar-refractivity contribution in [3.8, 4) is 0 Å². The first-order valence-electron chi connectivity index (χ1n) is 17.8. The number of aryl methyl sites for hydroxylation is 1. The number of hydrogen-bond acceptors (Lipinski definition) is 6. The molecule has 2 amide bonds. The number of benzene rings is 5. The predicted molar refractivity (Wildman–Crippen MR) is 205 cm³/mol. The molecule has 270 valence electrons. The number of carbonyl (C=O) groups is 4. The van der Waals surface area contributed by atoms with E-state index in [1.807, 2.05) is 121 Å². The molecular weight excluding hydrogens is 666 g/mol. The fourth-order valence-corrected chi connectivity index (χ4v) is 6.45. The van der Waals surface area contributed by atoms with Crippen molar-refractivity contribution in [2.75, 3.05) is 0 Å². The number of rotatable bonds is 16. The average molecular weight is 710 g/mol. The van der Waals surface area contributed by atoms with Gasteiger partial charge in [-0.15, -0.1) is 0 Å². The molecule has 0 unspecified atom stereocenters. The summed E-state index contributed by atoms with van der Waals surface area (Å²) in [5, 5.41) is 5.70. The Morgan fingerprint density at radius 2 is 1.47 bits per heavy atom. The number of esters is 2. The second-order valence-corrected chi connectivity index (χ2v) is 13.4. The smallest absolute Gasteiger partial charge is 0.328 e. The fraction of sp³-hybridized carbons (Fsp3) is 0.227. The van der Waals surface area contributed by atoms with Crippen LogP contribution in [0.1, 0.15) is 58.3 Å². The first-order chi connectivity index (χ1) is 25.7. The van der Waals surface area contributed by atoms with Gasteiger partial charge in [-0.25, -0.2) is 4.79 Å². The second kappa shape index (κ2) is 17.3. The van der Waals surface area contributed by atoms with E-state index in [9.17, 15) is 19.2 Å². The molecule has 3 N–H and O–H groups in total. The minimum Gasteiger partial charge on any atom is -0.461 e. The molecule has 9 heteroatoms. The number of hydrogen-bond donors (Lipinski definition) is 2. The summed E-state index contributed by atoms with van der Waals surface area (Å²) in [6.45, 7) is 2.72. The number of nitrogens with one attached hydrogen (secondary N) is 1. The van der Waals surface area contributed by atoms with Gasteiger partial charge in [-0.3, -0.25) is 14.4 Å². The third kappa shape index (κ3) is 9.98. The van der Waals surface area contributed by atoms with Crippen molar-refractivity contribution in [2.45, 2.75) is 64.3 Å². The summed E-state index contributed by atoms with van der Waals surface area (Å²) < 4.78 is 13.4. The summed E-state index contributed by atoms with van der Waals surface area (Å²) in [5.74, 6) is -2.22. The van der Waals surface area contributed by atoms with E-state index in [1.165, 1.54) is 0 Å². The number of amides is 2. The lowest BCUT2D eigenvalue weighted by atomic mass is 10.0. The van der Waals surface area contributed by atoms with Crippen LogP contribution in [0.25, 0.3) is 21.7 Å². The molecule has 0 bridgehead atoms. The highest BCUT2D eigenvalue weighted by atomic mass is 16.5. The zero-order valence-corrected chi connectivity index (χ0v) is 29.7. The van der Waals surface area contributed by atoms with E-state index in [-0.39, 0.29) is 38.7 Å². The van der Waals surface area contributed by atoms with Crippen molar-refractivity contribution in [3.05, 3.63) is 155 Å². The van der Waals surface area contributed by atoms with E-state index in [0.29, 0.717) is 12.1 Å². The van der Waals surface area contributed by atoms with Crippen LogP contribution in [0.15, 0.2) is 128 Å². The molecule has 0 aliphatic carbocycles. The van der Waals surface area contributed by atoms with Crippen LogP contribution in [-0.2, 0) is 43.4 Å². The summed E-state index contributed by atoms with van der Waals surface area (Å²) in [6, 6.07) is 37.8. The molecule has 0 saturated heterocycles. The predicted octanol–water partition coefficient (Wildman–Crippen LogP) is 7.19. The molecule has 1 heterocycles. The van der Waals surface area contributed by atoms with Gasteiger partial charge in [0.15, 0.2) is 0 Å². The van der Waals surface area contributed by atoms with E-state index in [0.717, 1.165) is 43.9 Å². The number of ether oxygens (including phenoxy) is 2. The maximum Gasteiger partial charge on any atom is 0.328 e. The zero-order valence-electron chi connectivity index (χ0n) is 29.7. The highest BCUT2D eigenvalue weighted by molar-refractivity contribution is 6.08. The number of primary amides is 1. The minimum atomic E-state index is -1.12. The van der Waals surface area contributed by atoms with Gasteiger partial charge in [0.2, 0.25) is 5.91 Å². The summed E-state index contributed by atoms with van der Waals surface area (Å²) in [6.07, 6.45) is 1.35. The Morgan fingerprint density at radius 1 is 0.774 bits per heavy atom. The molecule has 53 heavy (non-hydrogen) atoms. The van der Waals surface area contributed by atoms with Crippen molar-refractivity contribution in [2.24, 2.45) is 5.73 Å². The molecule has 1 aromatic heterocycles. The molecule has 2 atom stereocenters. The lowest BCUT2D eigenvalue weighted by Gasteiger charge is -2.22. The SMILES string of the molecule is Cc1ccc(Cn2cc(C(=O)N[C@@H](CCCC(=O)OCc3ccccc3)C(=O)O[C@H](CC(N)=O)Cc3ccc4ccccc4c3)c3ccccc32)cc1. The molecule has 6 aromatic rings. The van der Waals surface area contributed by atoms with E-state index in [1.54, 1.807) is 6.20 Å². The molecule has 5 aromatic carbocycles. The molecule has 0 saturated carbocycles. The molecule has 9 nitrogen and oxygen atoms in total. The average Bonchev–Trinajstić information content (AvgIpc) is 3.52. The highest BCUT2D eigenvalue weighted by Gasteiger charge is 2.28. The van der Waals surface area contributed by atoms with Crippen LogP contribution in [-0.4, -0.2) is 40.5 Å². The Labute approximate surface area is 308 Å². The van der Waals surface area contributed by atoms with Gasteiger partial charge < -0.3 is 25.1 Å². The van der Waals surface area contributed by atoms with Gasteiger partial charge in [0, 0.05) is 36.5 Å². The largest absolute Gasteiger partial charge is 0.461 e. The van der Waals surface area contributed by atoms with Gasteiger partial charge in [-0.1, -0.05) is 121 Å². The van der Waals surface area contributed by atoms with Gasteiger partial charge in [0.25, 0.3) is 5.91 Å². The van der Waals surface area contributed by atoms with Gasteiger partial charge >= 0.3 is 11.9 Å². The van der Waals surface area contributed by atoms with Crippen molar-refractivity contribution < 1.29 is 28.7 Å². The van der Waals surface area contributed by atoms with Crippen LogP contribution in [0.3, 0.4) is 0 Å². The highest BCUT2D eigenvalue weighted by Crippen LogP contribution is 2.24. The maximum atomic E-state index is 14.0. The van der Waals surface area contributed by atoms with Crippen molar-refractivity contribution >= 4 is 45.4 Å². The molecule has 0 radical (unpaired) electrons. The summed E-state index contributed by atoms with van der Waals surface area (Å²) in [7, 11) is 0. The molecule has 0 aliphatic rings. The van der Waals surface area contributed by atoms with Gasteiger partial charge in [0.1, 0.15) is 18.8 Å². The summed E-state index contributed by atoms with van der Waals surface area (Å²) in [5.41, 5.74) is 10.8. The Kier molecular flexibility index (Phi) is 12.0. The van der Waals surface area contributed by atoms with Crippen LogP contribution in [0, 0.1) is 6.92 Å².